The van der Waals surface area contributed by atoms with Gasteiger partial charge in [0.2, 0.25) is 5.88 Å². The Labute approximate surface area is 142 Å². The summed E-state index contributed by atoms with van der Waals surface area (Å²) in [4.78, 5) is 26.9. The molecule has 126 valence electrons. The Morgan fingerprint density at radius 3 is 2.52 bits per heavy atom. The molecule has 7 heteroatoms. The summed E-state index contributed by atoms with van der Waals surface area (Å²) < 4.78 is 5.74. The molecule has 1 amide bonds. The minimum atomic E-state index is -1.14. The minimum absolute atomic E-state index is 0.0497. The molecule has 1 aromatic heterocycles. The van der Waals surface area contributed by atoms with Crippen LogP contribution in [0.15, 0.2) is 54.6 Å². The Hall–Kier alpha value is -3.61. The number of hydrogen-bond donors (Lipinski definition) is 3. The van der Waals surface area contributed by atoms with Crippen LogP contribution in [0, 0.1) is 0 Å². The van der Waals surface area contributed by atoms with Gasteiger partial charge < -0.3 is 20.3 Å². The Bertz CT molecular complexity index is 938. The maximum Gasteiger partial charge on any atom is 0.322 e. The third-order valence-electron chi connectivity index (χ3n) is 3.39. The number of carbonyl (C=O) groups excluding carboxylic acids is 1. The number of phenolic OH excluding ortho intramolecular Hbond substituents is 1. The maximum atomic E-state index is 12.1. The smallest absolute Gasteiger partial charge is 0.322 e. The fourth-order valence-electron chi connectivity index (χ4n) is 2.23. The van der Waals surface area contributed by atoms with Crippen LogP contribution in [0.1, 0.15) is 10.5 Å². The SMILES string of the molecule is O=C(O)CNC(=O)c1cc2ccccc2c(Oc2ccc(O)cc2)n1. The largest absolute Gasteiger partial charge is 0.508 e. The molecule has 0 radical (unpaired) electrons. The Balaban J connectivity index is 1.98. The van der Waals surface area contributed by atoms with E-state index < -0.39 is 18.4 Å². The van der Waals surface area contributed by atoms with Crippen molar-refractivity contribution < 1.29 is 24.5 Å². The first-order valence-electron chi connectivity index (χ1n) is 7.39. The molecule has 0 spiro atoms. The number of carbonyl (C=O) groups is 2. The Morgan fingerprint density at radius 2 is 1.80 bits per heavy atom. The van der Waals surface area contributed by atoms with Gasteiger partial charge in [0, 0.05) is 5.39 Å². The van der Waals surface area contributed by atoms with E-state index in [0.29, 0.717) is 11.1 Å². The van der Waals surface area contributed by atoms with Gasteiger partial charge in [-0.3, -0.25) is 9.59 Å². The predicted octanol–water partition coefficient (Wildman–Crippen LogP) is 2.55. The molecule has 1 heterocycles. The van der Waals surface area contributed by atoms with Crippen molar-refractivity contribution in [3.05, 3.63) is 60.3 Å². The van der Waals surface area contributed by atoms with Gasteiger partial charge in [0.05, 0.1) is 0 Å². The number of benzene rings is 2. The van der Waals surface area contributed by atoms with E-state index in [-0.39, 0.29) is 17.3 Å². The van der Waals surface area contributed by atoms with Gasteiger partial charge in [-0.25, -0.2) is 4.98 Å². The van der Waals surface area contributed by atoms with E-state index in [1.165, 1.54) is 12.1 Å². The number of carboxylic acids is 1. The number of nitrogens with zero attached hydrogens (tertiary/aromatic N) is 1. The molecule has 25 heavy (non-hydrogen) atoms. The van der Waals surface area contributed by atoms with Gasteiger partial charge in [-0.2, -0.15) is 0 Å². The molecule has 0 aliphatic carbocycles. The molecule has 0 bridgehead atoms. The second-order valence-corrected chi connectivity index (χ2v) is 5.21. The summed E-state index contributed by atoms with van der Waals surface area (Å²) in [7, 11) is 0. The van der Waals surface area contributed by atoms with Gasteiger partial charge in [-0.05, 0) is 41.8 Å². The lowest BCUT2D eigenvalue weighted by Crippen LogP contribution is -2.29. The molecular formula is C18H14N2O5. The van der Waals surface area contributed by atoms with E-state index in [9.17, 15) is 14.7 Å². The number of aromatic nitrogens is 1. The number of phenols is 1. The van der Waals surface area contributed by atoms with Crippen LogP contribution in [0.5, 0.6) is 17.4 Å². The lowest BCUT2D eigenvalue weighted by atomic mass is 10.1. The number of ether oxygens (including phenoxy) is 1. The van der Waals surface area contributed by atoms with Crippen molar-refractivity contribution in [2.75, 3.05) is 6.54 Å². The second-order valence-electron chi connectivity index (χ2n) is 5.21. The highest BCUT2D eigenvalue weighted by Crippen LogP contribution is 2.29. The fraction of sp³-hybridized carbons (Fsp3) is 0.0556. The number of aromatic hydroxyl groups is 1. The molecule has 2 aromatic carbocycles. The summed E-state index contributed by atoms with van der Waals surface area (Å²) in [5.74, 6) is -0.992. The third kappa shape index (κ3) is 3.84. The zero-order chi connectivity index (χ0) is 17.8. The van der Waals surface area contributed by atoms with Crippen molar-refractivity contribution in [2.24, 2.45) is 0 Å². The molecule has 0 aliphatic rings. The highest BCUT2D eigenvalue weighted by molar-refractivity contribution is 5.99. The molecule has 3 N–H and O–H groups in total. The van der Waals surface area contributed by atoms with Gasteiger partial charge in [-0.15, -0.1) is 0 Å². The molecule has 0 saturated carbocycles. The van der Waals surface area contributed by atoms with Gasteiger partial charge in [0.15, 0.2) is 0 Å². The second kappa shape index (κ2) is 6.88. The molecule has 0 atom stereocenters. The number of rotatable bonds is 5. The van der Waals surface area contributed by atoms with Crippen LogP contribution in [0.25, 0.3) is 10.8 Å². The van der Waals surface area contributed by atoms with Crippen molar-refractivity contribution >= 4 is 22.6 Å². The van der Waals surface area contributed by atoms with Gasteiger partial charge in [0.1, 0.15) is 23.7 Å². The van der Waals surface area contributed by atoms with Crippen molar-refractivity contribution in [1.29, 1.82) is 0 Å². The Kier molecular flexibility index (Phi) is 4.47. The summed E-state index contributed by atoms with van der Waals surface area (Å²) >= 11 is 0. The highest BCUT2D eigenvalue weighted by atomic mass is 16.5. The molecule has 0 fully saturated rings. The highest BCUT2D eigenvalue weighted by Gasteiger charge is 2.14. The van der Waals surface area contributed by atoms with E-state index >= 15 is 0 Å². The summed E-state index contributed by atoms with van der Waals surface area (Å²) in [6.07, 6.45) is 0. The third-order valence-corrected chi connectivity index (χ3v) is 3.39. The zero-order valence-electron chi connectivity index (χ0n) is 13.0. The average Bonchev–Trinajstić information content (AvgIpc) is 2.61. The zero-order valence-corrected chi connectivity index (χ0v) is 13.0. The first kappa shape index (κ1) is 16.3. The lowest BCUT2D eigenvalue weighted by molar-refractivity contribution is -0.135. The van der Waals surface area contributed by atoms with Gasteiger partial charge in [0.25, 0.3) is 5.91 Å². The van der Waals surface area contributed by atoms with Crippen LogP contribution in [0.2, 0.25) is 0 Å². The first-order valence-corrected chi connectivity index (χ1v) is 7.39. The van der Waals surface area contributed by atoms with E-state index in [1.54, 1.807) is 30.3 Å². The van der Waals surface area contributed by atoms with Gasteiger partial charge in [-0.1, -0.05) is 18.2 Å². The molecule has 0 saturated heterocycles. The fourth-order valence-corrected chi connectivity index (χ4v) is 2.23. The number of fused-ring (bicyclic) bond motifs is 1. The number of carboxylic acid groups (broad SMARTS) is 1. The van der Waals surface area contributed by atoms with Crippen LogP contribution >= 0.6 is 0 Å². The number of aliphatic carboxylic acids is 1. The minimum Gasteiger partial charge on any atom is -0.508 e. The normalized spacial score (nSPS) is 10.4. The van der Waals surface area contributed by atoms with Crippen molar-refractivity contribution in [1.82, 2.24) is 10.3 Å². The van der Waals surface area contributed by atoms with E-state index in [0.717, 1.165) is 5.39 Å². The monoisotopic (exact) mass is 338 g/mol. The molecule has 3 aromatic rings. The first-order chi connectivity index (χ1) is 12.0. The molecule has 7 nitrogen and oxygen atoms in total. The van der Waals surface area contributed by atoms with E-state index in [4.69, 9.17) is 9.84 Å². The van der Waals surface area contributed by atoms with Crippen LogP contribution in [-0.4, -0.2) is 33.6 Å². The van der Waals surface area contributed by atoms with Crippen molar-refractivity contribution in [2.45, 2.75) is 0 Å². The van der Waals surface area contributed by atoms with Crippen LogP contribution < -0.4 is 10.1 Å². The lowest BCUT2D eigenvalue weighted by Gasteiger charge is -2.10. The number of amides is 1. The predicted molar refractivity (Wildman–Crippen MR) is 89.9 cm³/mol. The van der Waals surface area contributed by atoms with E-state index in [2.05, 4.69) is 10.3 Å². The topological polar surface area (TPSA) is 109 Å². The maximum absolute atomic E-state index is 12.1. The molecular weight excluding hydrogens is 324 g/mol. The number of pyridine rings is 1. The summed E-state index contributed by atoms with van der Waals surface area (Å²) in [5, 5.41) is 21.7. The number of hydrogen-bond acceptors (Lipinski definition) is 5. The Morgan fingerprint density at radius 1 is 1.08 bits per heavy atom. The number of nitrogens with one attached hydrogen (secondary N) is 1. The quantitative estimate of drug-likeness (QED) is 0.660. The van der Waals surface area contributed by atoms with Gasteiger partial charge >= 0.3 is 5.97 Å². The van der Waals surface area contributed by atoms with Crippen LogP contribution in [0.3, 0.4) is 0 Å². The summed E-state index contributed by atoms with van der Waals surface area (Å²) in [5.41, 5.74) is 0.0497. The van der Waals surface area contributed by atoms with Crippen LogP contribution in [0.4, 0.5) is 0 Å². The van der Waals surface area contributed by atoms with Crippen LogP contribution in [-0.2, 0) is 4.79 Å². The standard InChI is InChI=1S/C18H14N2O5/c21-12-5-7-13(8-6-12)25-18-14-4-2-1-3-11(14)9-15(20-18)17(24)19-10-16(22)23/h1-9,21H,10H2,(H,19,24)(H,22,23). The molecule has 0 unspecified atom stereocenters. The molecule has 3 rings (SSSR count). The summed E-state index contributed by atoms with van der Waals surface area (Å²) in [6, 6.07) is 14.9. The van der Waals surface area contributed by atoms with E-state index in [1.807, 2.05) is 12.1 Å². The summed E-state index contributed by atoms with van der Waals surface area (Å²) in [6.45, 7) is -0.499. The average molecular weight is 338 g/mol. The van der Waals surface area contributed by atoms with Crippen molar-refractivity contribution in [3.8, 4) is 17.4 Å². The van der Waals surface area contributed by atoms with Crippen molar-refractivity contribution in [3.63, 3.8) is 0 Å². The molecule has 0 aliphatic heterocycles.